The minimum atomic E-state index is -0.217. The van der Waals surface area contributed by atoms with E-state index in [1.807, 2.05) is 13.8 Å². The maximum atomic E-state index is 11.1. The normalized spacial score (nSPS) is 11.2. The Balaban J connectivity index is 0. The molecule has 1 atom stereocenters. The van der Waals surface area contributed by atoms with Crippen molar-refractivity contribution in [1.29, 1.82) is 0 Å². The van der Waals surface area contributed by atoms with Crippen LogP contribution in [0.25, 0.3) is 0 Å². The van der Waals surface area contributed by atoms with Gasteiger partial charge in [-0.2, -0.15) is 0 Å². The lowest BCUT2D eigenvalue weighted by Crippen LogP contribution is -2.29. The lowest BCUT2D eigenvalue weighted by molar-refractivity contribution is -0.142. The van der Waals surface area contributed by atoms with Crippen LogP contribution in [0.2, 0.25) is 0 Å². The molecule has 0 radical (unpaired) electrons. The van der Waals surface area contributed by atoms with E-state index in [9.17, 15) is 9.59 Å². The van der Waals surface area contributed by atoms with Gasteiger partial charge < -0.3 is 10.1 Å². The Bertz CT molecular complexity index is 215. The van der Waals surface area contributed by atoms with Crippen LogP contribution in [0.15, 0.2) is 0 Å². The van der Waals surface area contributed by atoms with Gasteiger partial charge in [0.2, 0.25) is 5.91 Å². The molecule has 4 heteroatoms. The minimum Gasteiger partial charge on any atom is -0.469 e. The summed E-state index contributed by atoms with van der Waals surface area (Å²) in [5.74, 6) is 0.398. The van der Waals surface area contributed by atoms with Gasteiger partial charge in [0.1, 0.15) is 0 Å². The first-order valence-corrected chi connectivity index (χ1v) is 6.27. The van der Waals surface area contributed by atoms with E-state index in [1.54, 1.807) is 0 Å². The third-order valence-corrected chi connectivity index (χ3v) is 2.13. The highest BCUT2D eigenvalue weighted by molar-refractivity contribution is 5.73. The summed E-state index contributed by atoms with van der Waals surface area (Å²) < 4.78 is 4.62. The van der Waals surface area contributed by atoms with Crippen molar-refractivity contribution < 1.29 is 14.3 Å². The molecular formula is C13H27NO3. The topological polar surface area (TPSA) is 55.4 Å². The molecule has 0 aromatic rings. The molecule has 1 unspecified atom stereocenters. The quantitative estimate of drug-likeness (QED) is 0.731. The molecule has 0 heterocycles. The zero-order valence-corrected chi connectivity index (χ0v) is 12.0. The number of hydrogen-bond donors (Lipinski definition) is 1. The molecule has 0 saturated heterocycles. The minimum absolute atomic E-state index is 0.0615. The van der Waals surface area contributed by atoms with Crippen LogP contribution in [0.3, 0.4) is 0 Å². The van der Waals surface area contributed by atoms with Crippen molar-refractivity contribution in [2.24, 2.45) is 11.8 Å². The predicted octanol–water partition coefficient (Wildman–Crippen LogP) is 2.37. The average Bonchev–Trinajstić information content (AvgIpc) is 2.27. The number of hydrogen-bond acceptors (Lipinski definition) is 3. The SMILES string of the molecule is CC.COC(=O)CC(CNC(C)=O)CC(C)C. The highest BCUT2D eigenvalue weighted by Gasteiger charge is 2.16. The third-order valence-electron chi connectivity index (χ3n) is 2.13. The number of ether oxygens (including phenoxy) is 1. The van der Waals surface area contributed by atoms with Crippen molar-refractivity contribution in [3.8, 4) is 0 Å². The van der Waals surface area contributed by atoms with E-state index in [-0.39, 0.29) is 17.8 Å². The first kappa shape index (κ1) is 18.3. The molecule has 4 nitrogen and oxygen atoms in total. The fourth-order valence-electron chi connectivity index (χ4n) is 1.51. The Hall–Kier alpha value is -1.06. The molecule has 0 rings (SSSR count). The van der Waals surface area contributed by atoms with Gasteiger partial charge >= 0.3 is 5.97 Å². The summed E-state index contributed by atoms with van der Waals surface area (Å²) in [6.07, 6.45) is 1.28. The summed E-state index contributed by atoms with van der Waals surface area (Å²) in [5, 5.41) is 2.73. The van der Waals surface area contributed by atoms with Gasteiger partial charge in [-0.3, -0.25) is 9.59 Å². The van der Waals surface area contributed by atoms with Crippen LogP contribution >= 0.6 is 0 Å². The molecule has 0 saturated carbocycles. The fourth-order valence-corrected chi connectivity index (χ4v) is 1.51. The highest BCUT2D eigenvalue weighted by Crippen LogP contribution is 2.15. The summed E-state index contributed by atoms with van der Waals surface area (Å²) in [6.45, 7) is 10.2. The molecule has 0 aliphatic heterocycles. The van der Waals surface area contributed by atoms with Crippen LogP contribution in [0.1, 0.15) is 47.5 Å². The van der Waals surface area contributed by atoms with E-state index < -0.39 is 0 Å². The van der Waals surface area contributed by atoms with Gasteiger partial charge in [0.15, 0.2) is 0 Å². The van der Waals surface area contributed by atoms with Crippen molar-refractivity contribution in [3.63, 3.8) is 0 Å². The van der Waals surface area contributed by atoms with Crippen LogP contribution in [0.5, 0.6) is 0 Å². The van der Waals surface area contributed by atoms with Crippen molar-refractivity contribution >= 4 is 11.9 Å². The lowest BCUT2D eigenvalue weighted by Gasteiger charge is -2.17. The van der Waals surface area contributed by atoms with Gasteiger partial charge in [0, 0.05) is 19.9 Å². The number of methoxy groups -OCH3 is 1. The Morgan fingerprint density at radius 3 is 2.12 bits per heavy atom. The maximum absolute atomic E-state index is 11.1. The van der Waals surface area contributed by atoms with Crippen molar-refractivity contribution in [3.05, 3.63) is 0 Å². The lowest BCUT2D eigenvalue weighted by atomic mass is 9.94. The first-order chi connectivity index (χ1) is 7.95. The van der Waals surface area contributed by atoms with E-state index in [4.69, 9.17) is 0 Å². The number of carbonyl (C=O) groups excluding carboxylic acids is 2. The molecule has 0 aliphatic carbocycles. The van der Waals surface area contributed by atoms with Crippen LogP contribution in [0.4, 0.5) is 0 Å². The summed E-state index contributed by atoms with van der Waals surface area (Å²) in [4.78, 5) is 21.9. The van der Waals surface area contributed by atoms with E-state index in [0.717, 1.165) is 6.42 Å². The van der Waals surface area contributed by atoms with E-state index in [2.05, 4.69) is 23.9 Å². The third kappa shape index (κ3) is 12.9. The number of esters is 1. The Morgan fingerprint density at radius 1 is 1.24 bits per heavy atom. The number of amides is 1. The molecule has 0 aromatic carbocycles. The highest BCUT2D eigenvalue weighted by atomic mass is 16.5. The molecule has 1 amide bonds. The monoisotopic (exact) mass is 245 g/mol. The molecule has 0 spiro atoms. The van der Waals surface area contributed by atoms with Crippen molar-refractivity contribution in [2.45, 2.75) is 47.5 Å². The Kier molecular flexibility index (Phi) is 12.3. The molecule has 17 heavy (non-hydrogen) atoms. The average molecular weight is 245 g/mol. The van der Waals surface area contributed by atoms with Gasteiger partial charge in [-0.05, 0) is 18.3 Å². The van der Waals surface area contributed by atoms with Crippen LogP contribution in [-0.2, 0) is 14.3 Å². The van der Waals surface area contributed by atoms with Gasteiger partial charge in [-0.1, -0.05) is 27.7 Å². The van der Waals surface area contributed by atoms with E-state index in [0.29, 0.717) is 18.9 Å². The fraction of sp³-hybridized carbons (Fsp3) is 0.846. The van der Waals surface area contributed by atoms with Crippen LogP contribution in [-0.4, -0.2) is 25.5 Å². The second-order valence-corrected chi connectivity index (χ2v) is 4.21. The van der Waals surface area contributed by atoms with Crippen LogP contribution in [0, 0.1) is 11.8 Å². The molecule has 1 N–H and O–H groups in total. The summed E-state index contributed by atoms with van der Waals surface area (Å²) in [6, 6.07) is 0. The van der Waals surface area contributed by atoms with E-state index in [1.165, 1.54) is 14.0 Å². The molecular weight excluding hydrogens is 218 g/mol. The maximum Gasteiger partial charge on any atom is 0.305 e. The first-order valence-electron chi connectivity index (χ1n) is 6.27. The number of carbonyl (C=O) groups is 2. The summed E-state index contributed by atoms with van der Waals surface area (Å²) in [5.41, 5.74) is 0. The predicted molar refractivity (Wildman–Crippen MR) is 69.6 cm³/mol. The summed E-state index contributed by atoms with van der Waals surface area (Å²) in [7, 11) is 1.38. The molecule has 0 bridgehead atoms. The standard InChI is InChI=1S/C11H21NO3.C2H6/c1-8(2)5-10(6-11(14)15-4)7-12-9(3)13;1-2/h8,10H,5-7H2,1-4H3,(H,12,13);1-2H3. The molecule has 0 fully saturated rings. The van der Waals surface area contributed by atoms with E-state index >= 15 is 0 Å². The zero-order valence-electron chi connectivity index (χ0n) is 12.0. The Morgan fingerprint density at radius 2 is 1.76 bits per heavy atom. The van der Waals surface area contributed by atoms with Crippen molar-refractivity contribution in [2.75, 3.05) is 13.7 Å². The summed E-state index contributed by atoms with van der Waals surface area (Å²) >= 11 is 0. The largest absolute Gasteiger partial charge is 0.469 e. The second-order valence-electron chi connectivity index (χ2n) is 4.21. The smallest absolute Gasteiger partial charge is 0.305 e. The van der Waals surface area contributed by atoms with Crippen LogP contribution < -0.4 is 5.32 Å². The zero-order chi connectivity index (χ0) is 13.8. The number of nitrogens with one attached hydrogen (secondary N) is 1. The van der Waals surface area contributed by atoms with Gasteiger partial charge in [0.05, 0.1) is 7.11 Å². The molecule has 102 valence electrons. The molecule has 0 aromatic heterocycles. The van der Waals surface area contributed by atoms with Crippen molar-refractivity contribution in [1.82, 2.24) is 5.32 Å². The number of rotatable bonds is 6. The van der Waals surface area contributed by atoms with Gasteiger partial charge in [0.25, 0.3) is 0 Å². The second kappa shape index (κ2) is 11.4. The van der Waals surface area contributed by atoms with Gasteiger partial charge in [-0.15, -0.1) is 0 Å². The van der Waals surface area contributed by atoms with Gasteiger partial charge in [-0.25, -0.2) is 0 Å². The molecule has 0 aliphatic rings. The Labute approximate surface area is 105 Å².